The van der Waals surface area contributed by atoms with Crippen LogP contribution in [0.2, 0.25) is 5.02 Å². The lowest BCUT2D eigenvalue weighted by molar-refractivity contribution is -0.384. The van der Waals surface area contributed by atoms with E-state index in [1.54, 1.807) is 11.1 Å². The summed E-state index contributed by atoms with van der Waals surface area (Å²) in [6.07, 6.45) is 1.67. The minimum absolute atomic E-state index is 0.00199. The third kappa shape index (κ3) is 3.18. The van der Waals surface area contributed by atoms with E-state index in [0.717, 1.165) is 10.9 Å². The Kier molecular flexibility index (Phi) is 4.48. The molecule has 1 aliphatic heterocycles. The molecule has 1 aliphatic rings. The lowest BCUT2D eigenvalue weighted by Crippen LogP contribution is -2.54. The van der Waals surface area contributed by atoms with Crippen molar-refractivity contribution in [3.63, 3.8) is 0 Å². The highest BCUT2D eigenvalue weighted by Crippen LogP contribution is 2.29. The summed E-state index contributed by atoms with van der Waals surface area (Å²) >= 11 is 5.77. The first-order valence-electron chi connectivity index (χ1n) is 8.54. The Morgan fingerprint density at radius 3 is 2.71 bits per heavy atom. The van der Waals surface area contributed by atoms with Crippen LogP contribution in [-0.2, 0) is 4.79 Å². The maximum Gasteiger partial charge on any atom is 0.289 e. The number of para-hydroxylation sites is 1. The first-order chi connectivity index (χ1) is 13.4. The Balaban J connectivity index is 1.40. The van der Waals surface area contributed by atoms with Gasteiger partial charge in [0.05, 0.1) is 16.4 Å². The molecule has 3 aromatic rings. The lowest BCUT2D eigenvalue weighted by atomic mass is 9.97. The van der Waals surface area contributed by atoms with Crippen LogP contribution < -0.4 is 5.32 Å². The average Bonchev–Trinajstić information content (AvgIpc) is 3.06. The van der Waals surface area contributed by atoms with Gasteiger partial charge in [0.15, 0.2) is 0 Å². The molecule has 1 aromatic heterocycles. The number of nitrogens with one attached hydrogen (secondary N) is 2. The van der Waals surface area contributed by atoms with E-state index >= 15 is 0 Å². The van der Waals surface area contributed by atoms with Crippen molar-refractivity contribution < 1.29 is 14.5 Å². The van der Waals surface area contributed by atoms with Crippen molar-refractivity contribution in [3.8, 4) is 0 Å². The van der Waals surface area contributed by atoms with Gasteiger partial charge < -0.3 is 15.2 Å². The standard InChI is InChI=1S/C19H15ClN4O4/c20-15-6-5-12(7-17(15)24(27)28)22-18(25)11-9-23(10-11)19(26)14-8-21-16-4-2-1-3-13(14)16/h1-8,11,21H,9-10H2,(H,22,25). The van der Waals surface area contributed by atoms with E-state index in [9.17, 15) is 19.7 Å². The zero-order chi connectivity index (χ0) is 19.8. The average molecular weight is 399 g/mol. The number of nitrogens with zero attached hydrogens (tertiary/aromatic N) is 2. The third-order valence-electron chi connectivity index (χ3n) is 4.77. The molecule has 0 unspecified atom stereocenters. The van der Waals surface area contributed by atoms with Gasteiger partial charge in [-0.15, -0.1) is 0 Å². The molecule has 28 heavy (non-hydrogen) atoms. The molecule has 2 N–H and O–H groups in total. The van der Waals surface area contributed by atoms with E-state index in [2.05, 4.69) is 10.3 Å². The fourth-order valence-electron chi connectivity index (χ4n) is 3.20. The van der Waals surface area contributed by atoms with Crippen molar-refractivity contribution in [1.82, 2.24) is 9.88 Å². The molecule has 0 aliphatic carbocycles. The summed E-state index contributed by atoms with van der Waals surface area (Å²) in [5.74, 6) is -0.799. The number of amides is 2. The number of aromatic nitrogens is 1. The predicted octanol–water partition coefficient (Wildman–Crippen LogP) is 3.44. The van der Waals surface area contributed by atoms with Gasteiger partial charge >= 0.3 is 0 Å². The van der Waals surface area contributed by atoms with Gasteiger partial charge in [0.25, 0.3) is 11.6 Å². The molecule has 4 rings (SSSR count). The number of hydrogen-bond acceptors (Lipinski definition) is 4. The molecule has 0 radical (unpaired) electrons. The molecule has 142 valence electrons. The Labute approximate surface area is 164 Å². The molecular weight excluding hydrogens is 384 g/mol. The van der Waals surface area contributed by atoms with Crippen LogP contribution in [-0.4, -0.2) is 39.7 Å². The molecule has 2 amide bonds. The van der Waals surface area contributed by atoms with Crippen LogP contribution in [0.4, 0.5) is 11.4 Å². The van der Waals surface area contributed by atoms with Crippen molar-refractivity contribution in [2.24, 2.45) is 5.92 Å². The summed E-state index contributed by atoms with van der Waals surface area (Å²) in [4.78, 5) is 40.0. The Morgan fingerprint density at radius 2 is 1.96 bits per heavy atom. The number of benzene rings is 2. The molecular formula is C19H15ClN4O4. The molecule has 0 atom stereocenters. The number of fused-ring (bicyclic) bond motifs is 1. The first-order valence-corrected chi connectivity index (χ1v) is 8.92. The van der Waals surface area contributed by atoms with Crippen LogP contribution in [0.5, 0.6) is 0 Å². The Morgan fingerprint density at radius 1 is 1.21 bits per heavy atom. The fourth-order valence-corrected chi connectivity index (χ4v) is 3.39. The van der Waals surface area contributed by atoms with E-state index in [-0.39, 0.29) is 28.4 Å². The van der Waals surface area contributed by atoms with E-state index in [1.165, 1.54) is 18.2 Å². The quantitative estimate of drug-likeness (QED) is 0.518. The summed E-state index contributed by atoms with van der Waals surface area (Å²) in [6.45, 7) is 0.583. The molecule has 0 saturated carbocycles. The minimum Gasteiger partial charge on any atom is -0.360 e. The number of rotatable bonds is 4. The summed E-state index contributed by atoms with van der Waals surface area (Å²) < 4.78 is 0. The van der Waals surface area contributed by atoms with Crippen LogP contribution >= 0.6 is 11.6 Å². The molecule has 1 fully saturated rings. The molecule has 2 heterocycles. The second-order valence-electron chi connectivity index (χ2n) is 6.57. The highest BCUT2D eigenvalue weighted by Gasteiger charge is 2.36. The van der Waals surface area contributed by atoms with Crippen molar-refractivity contribution >= 4 is 45.7 Å². The van der Waals surface area contributed by atoms with E-state index < -0.39 is 4.92 Å². The summed E-state index contributed by atoms with van der Waals surface area (Å²) in [6, 6.07) is 11.6. The maximum absolute atomic E-state index is 12.7. The molecule has 0 spiro atoms. The second kappa shape index (κ2) is 6.97. The molecule has 9 heteroatoms. The minimum atomic E-state index is -0.608. The number of hydrogen-bond donors (Lipinski definition) is 2. The zero-order valence-electron chi connectivity index (χ0n) is 14.5. The van der Waals surface area contributed by atoms with Crippen molar-refractivity contribution in [2.45, 2.75) is 0 Å². The number of likely N-dealkylation sites (tertiary alicyclic amines) is 1. The Hall–Kier alpha value is -3.39. The van der Waals surface area contributed by atoms with Gasteiger partial charge in [-0.3, -0.25) is 19.7 Å². The molecule has 0 bridgehead atoms. The number of nitro groups is 1. The lowest BCUT2D eigenvalue weighted by Gasteiger charge is -2.38. The van der Waals surface area contributed by atoms with Crippen LogP contribution in [0, 0.1) is 16.0 Å². The molecule has 1 saturated heterocycles. The van der Waals surface area contributed by atoms with E-state index in [0.29, 0.717) is 24.3 Å². The monoisotopic (exact) mass is 398 g/mol. The fraction of sp³-hybridized carbons (Fsp3) is 0.158. The van der Waals surface area contributed by atoms with Crippen LogP contribution in [0.15, 0.2) is 48.7 Å². The smallest absolute Gasteiger partial charge is 0.289 e. The largest absolute Gasteiger partial charge is 0.360 e. The van der Waals surface area contributed by atoms with Crippen LogP contribution in [0.3, 0.4) is 0 Å². The van der Waals surface area contributed by atoms with Gasteiger partial charge in [-0.2, -0.15) is 0 Å². The number of H-pyrrole nitrogens is 1. The SMILES string of the molecule is O=C(Nc1ccc(Cl)c([N+](=O)[O-])c1)C1CN(C(=O)c2c[nH]c3ccccc23)C1. The molecule has 2 aromatic carbocycles. The van der Waals surface area contributed by atoms with Crippen molar-refractivity contribution in [2.75, 3.05) is 18.4 Å². The van der Waals surface area contributed by atoms with Gasteiger partial charge in [-0.1, -0.05) is 29.8 Å². The number of aromatic amines is 1. The number of nitro benzene ring substituents is 1. The predicted molar refractivity (Wildman–Crippen MR) is 104 cm³/mol. The van der Waals surface area contributed by atoms with Gasteiger partial charge in [0, 0.05) is 41.9 Å². The number of carbonyl (C=O) groups is 2. The van der Waals surface area contributed by atoms with Crippen molar-refractivity contribution in [3.05, 3.63) is 69.4 Å². The summed E-state index contributed by atoms with van der Waals surface area (Å²) in [5, 5.41) is 14.4. The highest BCUT2D eigenvalue weighted by atomic mass is 35.5. The van der Waals surface area contributed by atoms with Crippen molar-refractivity contribution in [1.29, 1.82) is 0 Å². The van der Waals surface area contributed by atoms with Crippen LogP contribution in [0.1, 0.15) is 10.4 Å². The van der Waals surface area contributed by atoms with E-state index in [4.69, 9.17) is 11.6 Å². The molecule has 8 nitrogen and oxygen atoms in total. The van der Waals surface area contributed by atoms with Gasteiger partial charge in [0.1, 0.15) is 5.02 Å². The topological polar surface area (TPSA) is 108 Å². The maximum atomic E-state index is 12.7. The highest BCUT2D eigenvalue weighted by molar-refractivity contribution is 6.32. The van der Waals surface area contributed by atoms with Crippen LogP contribution in [0.25, 0.3) is 10.9 Å². The first kappa shape index (κ1) is 18.0. The zero-order valence-corrected chi connectivity index (χ0v) is 15.3. The van der Waals surface area contributed by atoms with E-state index in [1.807, 2.05) is 24.3 Å². The normalized spacial score (nSPS) is 14.0. The van der Waals surface area contributed by atoms with Gasteiger partial charge in [-0.25, -0.2) is 0 Å². The summed E-state index contributed by atoms with van der Waals surface area (Å²) in [5.41, 5.74) is 1.47. The Bertz CT molecular complexity index is 1100. The number of carbonyl (C=O) groups excluding carboxylic acids is 2. The van der Waals surface area contributed by atoms with Gasteiger partial charge in [0.2, 0.25) is 5.91 Å². The second-order valence-corrected chi connectivity index (χ2v) is 6.97. The number of anilines is 1. The van der Waals surface area contributed by atoms with Gasteiger partial charge in [-0.05, 0) is 18.2 Å². The number of halogens is 1. The summed E-state index contributed by atoms with van der Waals surface area (Å²) in [7, 11) is 0. The third-order valence-corrected chi connectivity index (χ3v) is 5.09.